The van der Waals surface area contributed by atoms with Crippen LogP contribution in [0.5, 0.6) is 0 Å². The lowest BCUT2D eigenvalue weighted by atomic mass is 10.2. The number of aromatic nitrogens is 2. The highest BCUT2D eigenvalue weighted by Crippen LogP contribution is 2.13. The lowest BCUT2D eigenvalue weighted by molar-refractivity contribution is 0.0471. The summed E-state index contributed by atoms with van der Waals surface area (Å²) in [5, 5.41) is 42.2. The van der Waals surface area contributed by atoms with Crippen LogP contribution in [-0.4, -0.2) is 98.2 Å². The fourth-order valence-electron chi connectivity index (χ4n) is 3.02. The summed E-state index contributed by atoms with van der Waals surface area (Å²) in [6, 6.07) is -0.321. The van der Waals surface area contributed by atoms with Crippen LogP contribution in [0.3, 0.4) is 0 Å². The van der Waals surface area contributed by atoms with Gasteiger partial charge in [0.25, 0.3) is 0 Å². The van der Waals surface area contributed by atoms with E-state index in [1.807, 2.05) is 18.0 Å². The molecule has 0 bridgehead atoms. The van der Waals surface area contributed by atoms with Crippen molar-refractivity contribution in [3.05, 3.63) is 17.5 Å². The van der Waals surface area contributed by atoms with Gasteiger partial charge >= 0.3 is 0 Å². The fourth-order valence-corrected chi connectivity index (χ4v) is 3.02. The van der Waals surface area contributed by atoms with Crippen molar-refractivity contribution in [2.45, 2.75) is 32.2 Å². The van der Waals surface area contributed by atoms with Crippen molar-refractivity contribution in [1.82, 2.24) is 19.6 Å². The molecule has 2 rings (SSSR count). The largest absolute Gasteiger partial charge is 0.395 e. The van der Waals surface area contributed by atoms with Gasteiger partial charge in [-0.25, -0.2) is 0 Å². The summed E-state index contributed by atoms with van der Waals surface area (Å²) in [4.78, 5) is 4.09. The molecule has 1 aliphatic heterocycles. The Hall–Kier alpha value is -1.03. The number of rotatable bonds is 7. The molecular formula is C15H28N4O4. The molecule has 1 saturated heterocycles. The van der Waals surface area contributed by atoms with Gasteiger partial charge in [0, 0.05) is 44.5 Å². The summed E-state index contributed by atoms with van der Waals surface area (Å²) in [7, 11) is 0. The minimum atomic E-state index is -0.522. The first-order chi connectivity index (χ1) is 11.1. The Morgan fingerprint density at radius 3 is 2.61 bits per heavy atom. The van der Waals surface area contributed by atoms with Gasteiger partial charge in [-0.1, -0.05) is 0 Å². The van der Waals surface area contributed by atoms with E-state index in [0.717, 1.165) is 17.8 Å². The van der Waals surface area contributed by atoms with Crippen LogP contribution in [0.1, 0.15) is 11.3 Å². The molecule has 1 aliphatic rings. The van der Waals surface area contributed by atoms with Gasteiger partial charge in [0.2, 0.25) is 0 Å². The molecule has 1 unspecified atom stereocenters. The topological polar surface area (TPSA) is 105 Å². The molecule has 0 radical (unpaired) electrons. The summed E-state index contributed by atoms with van der Waals surface area (Å²) in [6.45, 7) is 5.36. The first-order valence-electron chi connectivity index (χ1n) is 8.07. The van der Waals surface area contributed by atoms with Gasteiger partial charge in [0.15, 0.2) is 0 Å². The summed E-state index contributed by atoms with van der Waals surface area (Å²) in [5.41, 5.74) is 2.01. The average molecular weight is 328 g/mol. The molecule has 8 nitrogen and oxygen atoms in total. The normalized spacial score (nSPS) is 21.0. The Bertz CT molecular complexity index is 478. The second kappa shape index (κ2) is 8.72. The Morgan fingerprint density at radius 1 is 1.22 bits per heavy atom. The predicted molar refractivity (Wildman–Crippen MR) is 84.9 cm³/mol. The van der Waals surface area contributed by atoms with E-state index in [9.17, 15) is 15.3 Å². The molecule has 0 aromatic carbocycles. The van der Waals surface area contributed by atoms with Gasteiger partial charge < -0.3 is 20.4 Å². The van der Waals surface area contributed by atoms with E-state index >= 15 is 0 Å². The molecule has 0 aliphatic carbocycles. The number of hydrogen-bond acceptors (Lipinski definition) is 7. The van der Waals surface area contributed by atoms with Gasteiger partial charge in [-0.2, -0.15) is 5.10 Å². The lowest BCUT2D eigenvalue weighted by Crippen LogP contribution is -2.44. The minimum absolute atomic E-state index is 0.0572. The van der Waals surface area contributed by atoms with Gasteiger partial charge in [0.05, 0.1) is 44.2 Å². The third kappa shape index (κ3) is 4.97. The first kappa shape index (κ1) is 18.3. The third-order valence-corrected chi connectivity index (χ3v) is 4.33. The van der Waals surface area contributed by atoms with E-state index in [0.29, 0.717) is 32.7 Å². The molecule has 1 aromatic rings. The minimum Gasteiger partial charge on any atom is -0.395 e. The second-order valence-electron chi connectivity index (χ2n) is 6.13. The molecule has 4 N–H and O–H groups in total. The Kier molecular flexibility index (Phi) is 6.94. The van der Waals surface area contributed by atoms with Crippen molar-refractivity contribution in [3.8, 4) is 0 Å². The molecule has 1 aromatic heterocycles. The SMILES string of the molecule is Cc1nn(CCO)cc1CN1CCN(C(CO)CO)CC(O)C1. The first-order valence-corrected chi connectivity index (χ1v) is 8.07. The smallest absolute Gasteiger partial charge is 0.0794 e. The Morgan fingerprint density at radius 2 is 1.96 bits per heavy atom. The zero-order valence-corrected chi connectivity index (χ0v) is 13.7. The van der Waals surface area contributed by atoms with Gasteiger partial charge in [-0.3, -0.25) is 14.5 Å². The Balaban J connectivity index is 1.98. The predicted octanol–water partition coefficient (Wildman–Crippen LogP) is -1.98. The Labute approximate surface area is 136 Å². The average Bonchev–Trinajstić information content (AvgIpc) is 2.74. The second-order valence-corrected chi connectivity index (χ2v) is 6.13. The molecule has 0 saturated carbocycles. The summed E-state index contributed by atoms with van der Waals surface area (Å²) >= 11 is 0. The molecule has 0 amide bonds. The number of hydrogen-bond donors (Lipinski definition) is 4. The highest BCUT2D eigenvalue weighted by Gasteiger charge is 2.26. The fraction of sp³-hybridized carbons (Fsp3) is 0.800. The number of β-amino-alcohol motifs (C(OH)–C–C–N with tert-alkyl or cyclic N) is 1. The van der Waals surface area contributed by atoms with Crippen LogP contribution >= 0.6 is 0 Å². The number of aliphatic hydroxyl groups excluding tert-OH is 4. The van der Waals surface area contributed by atoms with E-state index in [-0.39, 0.29) is 25.9 Å². The molecule has 1 fully saturated rings. The van der Waals surface area contributed by atoms with E-state index < -0.39 is 6.10 Å². The maximum absolute atomic E-state index is 10.2. The van der Waals surface area contributed by atoms with Gasteiger partial charge in [-0.15, -0.1) is 0 Å². The summed E-state index contributed by atoms with van der Waals surface area (Å²) in [5.74, 6) is 0. The van der Waals surface area contributed by atoms with Crippen LogP contribution in [0.4, 0.5) is 0 Å². The monoisotopic (exact) mass is 328 g/mol. The third-order valence-electron chi connectivity index (χ3n) is 4.33. The van der Waals surface area contributed by atoms with Gasteiger partial charge in [0.1, 0.15) is 0 Å². The van der Waals surface area contributed by atoms with E-state index in [1.54, 1.807) is 4.68 Å². The molecule has 8 heteroatoms. The molecule has 132 valence electrons. The van der Waals surface area contributed by atoms with Crippen LogP contribution in [0.15, 0.2) is 6.20 Å². The van der Waals surface area contributed by atoms with E-state index in [1.165, 1.54) is 0 Å². The van der Waals surface area contributed by atoms with Crippen molar-refractivity contribution in [2.75, 3.05) is 46.0 Å². The molecule has 23 heavy (non-hydrogen) atoms. The van der Waals surface area contributed by atoms with Crippen molar-refractivity contribution in [1.29, 1.82) is 0 Å². The van der Waals surface area contributed by atoms with Crippen molar-refractivity contribution >= 4 is 0 Å². The standard InChI is InChI=1S/C15H28N4O4/c1-12-13(7-19(16-12)4-5-20)6-17-2-3-18(9-15(23)8-17)14(10-21)11-22/h7,14-15,20-23H,2-6,8-11H2,1H3. The van der Waals surface area contributed by atoms with E-state index in [2.05, 4.69) is 10.00 Å². The van der Waals surface area contributed by atoms with Crippen LogP contribution < -0.4 is 0 Å². The maximum atomic E-state index is 10.2. The van der Waals surface area contributed by atoms with Crippen molar-refractivity contribution in [3.63, 3.8) is 0 Å². The number of nitrogens with zero attached hydrogens (tertiary/aromatic N) is 4. The van der Waals surface area contributed by atoms with Crippen LogP contribution in [0, 0.1) is 6.92 Å². The molecule has 0 spiro atoms. The maximum Gasteiger partial charge on any atom is 0.0794 e. The molecule has 1 atom stereocenters. The lowest BCUT2D eigenvalue weighted by Gasteiger charge is -2.28. The summed E-state index contributed by atoms with van der Waals surface area (Å²) < 4.78 is 1.73. The summed E-state index contributed by atoms with van der Waals surface area (Å²) in [6.07, 6.45) is 1.41. The molecular weight excluding hydrogens is 300 g/mol. The molecule has 2 heterocycles. The van der Waals surface area contributed by atoms with Crippen LogP contribution in [-0.2, 0) is 13.1 Å². The highest BCUT2D eigenvalue weighted by molar-refractivity contribution is 5.15. The van der Waals surface area contributed by atoms with E-state index in [4.69, 9.17) is 5.11 Å². The van der Waals surface area contributed by atoms with Crippen LogP contribution in [0.25, 0.3) is 0 Å². The van der Waals surface area contributed by atoms with Crippen molar-refractivity contribution < 1.29 is 20.4 Å². The highest BCUT2D eigenvalue weighted by atomic mass is 16.3. The number of aliphatic hydroxyl groups is 4. The quantitative estimate of drug-likeness (QED) is 0.459. The van der Waals surface area contributed by atoms with Gasteiger partial charge in [-0.05, 0) is 6.92 Å². The van der Waals surface area contributed by atoms with Crippen LogP contribution in [0.2, 0.25) is 0 Å². The zero-order valence-electron chi connectivity index (χ0n) is 13.7. The number of aryl methyl sites for hydroxylation is 1. The van der Waals surface area contributed by atoms with Crippen molar-refractivity contribution in [2.24, 2.45) is 0 Å². The zero-order chi connectivity index (χ0) is 16.8.